The molecular formula is C27H21N5O3. The maximum atomic E-state index is 13.9. The first-order valence-electron chi connectivity index (χ1n) is 11.3. The highest BCUT2D eigenvalue weighted by Crippen LogP contribution is 2.43. The molecule has 1 atom stereocenters. The first-order chi connectivity index (χ1) is 17.2. The highest BCUT2D eigenvalue weighted by Gasteiger charge is 2.37. The summed E-state index contributed by atoms with van der Waals surface area (Å²) in [6.07, 6.45) is 1.71. The van der Waals surface area contributed by atoms with E-state index in [0.29, 0.717) is 35.7 Å². The molecule has 4 aromatic rings. The number of rotatable bonds is 5. The van der Waals surface area contributed by atoms with Gasteiger partial charge in [-0.25, -0.2) is 0 Å². The number of amides is 1. The van der Waals surface area contributed by atoms with Crippen molar-refractivity contribution in [3.63, 3.8) is 0 Å². The molecule has 2 aliphatic heterocycles. The molecule has 172 valence electrons. The molecule has 0 fully saturated rings. The molecule has 0 radical (unpaired) electrons. The number of carbonyl (C=O) groups is 1. The summed E-state index contributed by atoms with van der Waals surface area (Å²) in [4.78, 5) is 15.6. The van der Waals surface area contributed by atoms with E-state index in [-0.39, 0.29) is 12.7 Å². The van der Waals surface area contributed by atoms with Gasteiger partial charge in [0.05, 0.1) is 36.0 Å². The molecule has 0 saturated heterocycles. The summed E-state index contributed by atoms with van der Waals surface area (Å²) < 4.78 is 12.8. The van der Waals surface area contributed by atoms with Crippen molar-refractivity contribution in [2.75, 3.05) is 17.0 Å². The Hall–Kier alpha value is -4.77. The topological polar surface area (TPSA) is 92.4 Å². The Labute approximate surface area is 201 Å². The Morgan fingerprint density at radius 3 is 2.69 bits per heavy atom. The van der Waals surface area contributed by atoms with Gasteiger partial charge >= 0.3 is 0 Å². The van der Waals surface area contributed by atoms with Gasteiger partial charge in [0.25, 0.3) is 5.91 Å². The molecular weight excluding hydrogens is 442 g/mol. The van der Waals surface area contributed by atoms with Gasteiger partial charge in [0.15, 0.2) is 11.5 Å². The number of nitrogens with zero attached hydrogens (tertiary/aromatic N) is 4. The molecule has 6 rings (SSSR count). The molecule has 3 heterocycles. The number of nitriles is 1. The number of hydrogen-bond acceptors (Lipinski definition) is 6. The minimum Gasteiger partial charge on any atom is -0.454 e. The second-order valence-corrected chi connectivity index (χ2v) is 8.28. The van der Waals surface area contributed by atoms with Crippen LogP contribution in [0.5, 0.6) is 11.5 Å². The van der Waals surface area contributed by atoms with E-state index in [1.54, 1.807) is 9.58 Å². The number of aryl methyl sites for hydroxylation is 1. The predicted octanol–water partition coefficient (Wildman–Crippen LogP) is 4.96. The Bertz CT molecular complexity index is 1460. The van der Waals surface area contributed by atoms with Gasteiger partial charge in [0.2, 0.25) is 6.79 Å². The third kappa shape index (κ3) is 3.63. The van der Waals surface area contributed by atoms with Gasteiger partial charge in [-0.3, -0.25) is 14.4 Å². The molecule has 8 heteroatoms. The Kier molecular flexibility index (Phi) is 5.08. The van der Waals surface area contributed by atoms with E-state index in [1.807, 2.05) is 79.0 Å². The molecule has 1 N–H and O–H groups in total. The monoisotopic (exact) mass is 463 g/mol. The number of hydrogen-bond donors (Lipinski definition) is 1. The smallest absolute Gasteiger partial charge is 0.262 e. The second kappa shape index (κ2) is 8.54. The van der Waals surface area contributed by atoms with Crippen molar-refractivity contribution >= 4 is 17.3 Å². The molecule has 1 amide bonds. The molecule has 0 bridgehead atoms. The first kappa shape index (κ1) is 20.8. The van der Waals surface area contributed by atoms with Crippen LogP contribution in [0.15, 0.2) is 79.0 Å². The summed E-state index contributed by atoms with van der Waals surface area (Å²) >= 11 is 0. The largest absolute Gasteiger partial charge is 0.454 e. The molecule has 0 saturated carbocycles. The lowest BCUT2D eigenvalue weighted by atomic mass is 10.0. The van der Waals surface area contributed by atoms with Crippen LogP contribution in [0.2, 0.25) is 0 Å². The highest BCUT2D eigenvalue weighted by molar-refractivity contribution is 6.12. The number of benzene rings is 3. The number of fused-ring (bicyclic) bond motifs is 2. The fourth-order valence-electron chi connectivity index (χ4n) is 4.51. The van der Waals surface area contributed by atoms with Crippen molar-refractivity contribution in [3.05, 3.63) is 90.1 Å². The third-order valence-corrected chi connectivity index (χ3v) is 6.15. The zero-order valence-electron chi connectivity index (χ0n) is 18.7. The van der Waals surface area contributed by atoms with Gasteiger partial charge in [-0.2, -0.15) is 10.4 Å². The average Bonchev–Trinajstić information content (AvgIpc) is 3.55. The molecule has 1 aromatic heterocycles. The number of nitrogens with one attached hydrogen (secondary N) is 1. The number of para-hydroxylation sites is 1. The second-order valence-electron chi connectivity index (χ2n) is 8.28. The van der Waals surface area contributed by atoms with Crippen LogP contribution in [-0.4, -0.2) is 22.5 Å². The molecule has 0 aliphatic carbocycles. The minimum absolute atomic E-state index is 0.132. The van der Waals surface area contributed by atoms with E-state index < -0.39 is 6.17 Å². The maximum absolute atomic E-state index is 13.9. The standard InChI is InChI=1S/C27H21N5O3/c28-13-6-14-31-16-21(25(30-31)18-7-2-1-3-8-18)26-29-22-10-5-4-9-20(22)27(33)32(26)19-11-12-23-24(15-19)35-17-34-23/h1-5,7-12,15-16,26,29H,6,14,17H2/t26-/m1/s1. The van der Waals surface area contributed by atoms with Crippen molar-refractivity contribution in [1.82, 2.24) is 9.78 Å². The highest BCUT2D eigenvalue weighted by atomic mass is 16.7. The maximum Gasteiger partial charge on any atom is 0.262 e. The van der Waals surface area contributed by atoms with Crippen molar-refractivity contribution < 1.29 is 14.3 Å². The van der Waals surface area contributed by atoms with Crippen molar-refractivity contribution in [1.29, 1.82) is 5.26 Å². The van der Waals surface area contributed by atoms with Gasteiger partial charge in [0.1, 0.15) is 6.17 Å². The fraction of sp³-hybridized carbons (Fsp3) is 0.148. The van der Waals surface area contributed by atoms with Crippen LogP contribution in [0.1, 0.15) is 28.5 Å². The number of ether oxygens (including phenoxy) is 2. The summed E-state index contributed by atoms with van der Waals surface area (Å²) in [5.41, 5.74) is 4.52. The van der Waals surface area contributed by atoms with Crippen LogP contribution in [0.25, 0.3) is 11.3 Å². The van der Waals surface area contributed by atoms with Crippen molar-refractivity contribution in [2.24, 2.45) is 0 Å². The van der Waals surface area contributed by atoms with Gasteiger partial charge in [-0.15, -0.1) is 0 Å². The Morgan fingerprint density at radius 1 is 1.03 bits per heavy atom. The molecule has 0 spiro atoms. The van der Waals surface area contributed by atoms with E-state index in [2.05, 4.69) is 11.4 Å². The Balaban J connectivity index is 1.52. The average molecular weight is 463 g/mol. The predicted molar refractivity (Wildman–Crippen MR) is 130 cm³/mol. The first-order valence-corrected chi connectivity index (χ1v) is 11.3. The summed E-state index contributed by atoms with van der Waals surface area (Å²) in [5, 5.41) is 17.5. The number of aromatic nitrogens is 2. The summed E-state index contributed by atoms with van der Waals surface area (Å²) in [6.45, 7) is 0.610. The van der Waals surface area contributed by atoms with Crippen LogP contribution in [0, 0.1) is 11.3 Å². The van der Waals surface area contributed by atoms with Crippen LogP contribution < -0.4 is 19.7 Å². The third-order valence-electron chi connectivity index (χ3n) is 6.15. The summed E-state index contributed by atoms with van der Waals surface area (Å²) in [7, 11) is 0. The van der Waals surface area contributed by atoms with E-state index in [1.165, 1.54) is 0 Å². The number of anilines is 2. The summed E-state index contributed by atoms with van der Waals surface area (Å²) in [5.74, 6) is 1.12. The van der Waals surface area contributed by atoms with Gasteiger partial charge in [-0.05, 0) is 24.3 Å². The van der Waals surface area contributed by atoms with E-state index in [4.69, 9.17) is 19.8 Å². The number of carbonyl (C=O) groups excluding carboxylic acids is 1. The zero-order valence-corrected chi connectivity index (χ0v) is 18.7. The normalized spacial score (nSPS) is 15.9. The Morgan fingerprint density at radius 2 is 1.83 bits per heavy atom. The molecule has 35 heavy (non-hydrogen) atoms. The van der Waals surface area contributed by atoms with Crippen LogP contribution in [0.3, 0.4) is 0 Å². The van der Waals surface area contributed by atoms with Crippen LogP contribution in [-0.2, 0) is 6.54 Å². The lowest BCUT2D eigenvalue weighted by Gasteiger charge is -2.38. The van der Waals surface area contributed by atoms with E-state index in [9.17, 15) is 4.79 Å². The van der Waals surface area contributed by atoms with E-state index >= 15 is 0 Å². The molecule has 8 nitrogen and oxygen atoms in total. The van der Waals surface area contributed by atoms with Gasteiger partial charge in [0, 0.05) is 29.1 Å². The fourth-order valence-corrected chi connectivity index (χ4v) is 4.51. The lowest BCUT2D eigenvalue weighted by Crippen LogP contribution is -2.43. The van der Waals surface area contributed by atoms with Crippen LogP contribution >= 0.6 is 0 Å². The minimum atomic E-state index is -0.538. The molecule has 0 unspecified atom stereocenters. The van der Waals surface area contributed by atoms with E-state index in [0.717, 1.165) is 22.5 Å². The summed E-state index contributed by atoms with van der Waals surface area (Å²) in [6, 6.07) is 25.0. The van der Waals surface area contributed by atoms with Crippen molar-refractivity contribution in [2.45, 2.75) is 19.1 Å². The van der Waals surface area contributed by atoms with Gasteiger partial charge < -0.3 is 14.8 Å². The zero-order chi connectivity index (χ0) is 23.8. The molecule has 2 aliphatic rings. The lowest BCUT2D eigenvalue weighted by molar-refractivity contribution is 0.0975. The van der Waals surface area contributed by atoms with Crippen LogP contribution in [0.4, 0.5) is 11.4 Å². The quantitative estimate of drug-likeness (QED) is 0.450. The SMILES string of the molecule is N#CCCn1cc([C@@H]2Nc3ccccc3C(=O)N2c2ccc3c(c2)OCO3)c(-c2ccccc2)n1. The molecule has 3 aromatic carbocycles. The van der Waals surface area contributed by atoms with Gasteiger partial charge in [-0.1, -0.05) is 42.5 Å². The van der Waals surface area contributed by atoms with Crippen molar-refractivity contribution in [3.8, 4) is 28.8 Å².